The molecule has 0 spiro atoms. The number of carbonyl (C=O) groups is 2. The number of nitrogens with one attached hydrogen (secondary N) is 1. The van der Waals surface area contributed by atoms with E-state index in [0.29, 0.717) is 13.0 Å². The number of nitrogens with zero attached hydrogens (tertiary/aromatic N) is 1. The van der Waals surface area contributed by atoms with Gasteiger partial charge in [-0.25, -0.2) is 4.79 Å². The Labute approximate surface area is 96.8 Å². The van der Waals surface area contributed by atoms with Gasteiger partial charge in [0.2, 0.25) is 5.91 Å². The number of amides is 1. The van der Waals surface area contributed by atoms with Gasteiger partial charge in [0.25, 0.3) is 0 Å². The van der Waals surface area contributed by atoms with E-state index in [1.807, 2.05) is 19.0 Å². The van der Waals surface area contributed by atoms with Gasteiger partial charge < -0.3 is 15.3 Å². The normalized spacial score (nSPS) is 13.6. The summed E-state index contributed by atoms with van der Waals surface area (Å²) in [4.78, 5) is 24.4. The molecule has 1 amide bonds. The number of aliphatic carboxylic acids is 1. The fraction of sp³-hybridized carbons (Fsp3) is 0.818. The molecule has 16 heavy (non-hydrogen) atoms. The van der Waals surface area contributed by atoms with E-state index in [-0.39, 0.29) is 5.91 Å². The molecule has 0 fully saturated rings. The van der Waals surface area contributed by atoms with Crippen LogP contribution in [-0.2, 0) is 9.59 Å². The summed E-state index contributed by atoms with van der Waals surface area (Å²) >= 11 is 0. The molecule has 0 radical (unpaired) electrons. The van der Waals surface area contributed by atoms with Crippen LogP contribution in [0.3, 0.4) is 0 Å². The fourth-order valence-corrected chi connectivity index (χ4v) is 1.21. The summed E-state index contributed by atoms with van der Waals surface area (Å²) in [5.41, 5.74) is -0.486. The quantitative estimate of drug-likeness (QED) is 0.724. The van der Waals surface area contributed by atoms with Crippen molar-refractivity contribution in [3.63, 3.8) is 0 Å². The van der Waals surface area contributed by atoms with Crippen molar-refractivity contribution in [1.82, 2.24) is 10.2 Å². The summed E-state index contributed by atoms with van der Waals surface area (Å²) in [6.45, 7) is 5.98. The van der Waals surface area contributed by atoms with Crippen molar-refractivity contribution < 1.29 is 14.7 Å². The molecule has 0 aliphatic carbocycles. The van der Waals surface area contributed by atoms with Gasteiger partial charge in [-0.05, 0) is 19.5 Å². The second-order valence-electron chi connectivity index (χ2n) is 5.26. The van der Waals surface area contributed by atoms with Crippen LogP contribution < -0.4 is 5.32 Å². The predicted molar refractivity (Wildman–Crippen MR) is 62.2 cm³/mol. The topological polar surface area (TPSA) is 69.6 Å². The van der Waals surface area contributed by atoms with E-state index in [0.717, 1.165) is 0 Å². The number of carbonyl (C=O) groups excluding carboxylic acids is 1. The van der Waals surface area contributed by atoms with E-state index >= 15 is 0 Å². The summed E-state index contributed by atoms with van der Waals surface area (Å²) < 4.78 is 0. The molecule has 0 heterocycles. The highest BCUT2D eigenvalue weighted by Gasteiger charge is 2.32. The van der Waals surface area contributed by atoms with Crippen molar-refractivity contribution in [1.29, 1.82) is 0 Å². The molecule has 0 aliphatic rings. The van der Waals surface area contributed by atoms with Gasteiger partial charge in [-0.3, -0.25) is 4.79 Å². The Morgan fingerprint density at radius 3 is 2.12 bits per heavy atom. The first kappa shape index (κ1) is 14.9. The van der Waals surface area contributed by atoms with Crippen LogP contribution in [0.2, 0.25) is 0 Å². The average molecular weight is 230 g/mol. The summed E-state index contributed by atoms with van der Waals surface area (Å²) in [5.74, 6) is -1.22. The van der Waals surface area contributed by atoms with Crippen LogP contribution in [0.1, 0.15) is 27.2 Å². The van der Waals surface area contributed by atoms with Crippen molar-refractivity contribution in [2.75, 3.05) is 20.6 Å². The molecule has 0 saturated heterocycles. The smallest absolute Gasteiger partial charge is 0.326 e. The zero-order valence-corrected chi connectivity index (χ0v) is 10.7. The second-order valence-corrected chi connectivity index (χ2v) is 5.26. The Balaban J connectivity index is 4.32. The standard InChI is InChI=1S/C11H22N2O3/c1-11(2,3)9(10(15)16)12-8(14)6-7-13(4)5/h9H,6-7H2,1-5H3,(H,12,14)(H,15,16)/t9-/m1/s1. The maximum Gasteiger partial charge on any atom is 0.326 e. The monoisotopic (exact) mass is 230 g/mol. The highest BCUT2D eigenvalue weighted by Crippen LogP contribution is 2.19. The lowest BCUT2D eigenvalue weighted by atomic mass is 9.86. The maximum absolute atomic E-state index is 11.5. The highest BCUT2D eigenvalue weighted by atomic mass is 16.4. The third kappa shape index (κ3) is 5.70. The number of hydrogen-bond acceptors (Lipinski definition) is 3. The third-order valence-electron chi connectivity index (χ3n) is 2.20. The second kappa shape index (κ2) is 5.84. The number of rotatable bonds is 5. The first-order valence-corrected chi connectivity index (χ1v) is 5.31. The molecule has 0 saturated carbocycles. The van der Waals surface area contributed by atoms with Crippen LogP contribution in [-0.4, -0.2) is 48.6 Å². The maximum atomic E-state index is 11.5. The third-order valence-corrected chi connectivity index (χ3v) is 2.20. The fourth-order valence-electron chi connectivity index (χ4n) is 1.21. The Kier molecular flexibility index (Phi) is 5.44. The zero-order valence-electron chi connectivity index (χ0n) is 10.7. The van der Waals surface area contributed by atoms with Gasteiger partial charge in [-0.15, -0.1) is 0 Å². The van der Waals surface area contributed by atoms with Gasteiger partial charge >= 0.3 is 5.97 Å². The zero-order chi connectivity index (χ0) is 12.9. The van der Waals surface area contributed by atoms with E-state index in [1.54, 1.807) is 20.8 Å². The Morgan fingerprint density at radius 1 is 1.31 bits per heavy atom. The molecule has 94 valence electrons. The van der Waals surface area contributed by atoms with Gasteiger partial charge in [-0.1, -0.05) is 20.8 Å². The molecule has 2 N–H and O–H groups in total. The van der Waals surface area contributed by atoms with Gasteiger partial charge in [0.05, 0.1) is 0 Å². The lowest BCUT2D eigenvalue weighted by Gasteiger charge is -2.27. The van der Waals surface area contributed by atoms with E-state index in [9.17, 15) is 9.59 Å². The molecule has 5 heteroatoms. The Morgan fingerprint density at radius 2 is 1.81 bits per heavy atom. The summed E-state index contributed by atoms with van der Waals surface area (Å²) in [7, 11) is 3.73. The first-order valence-electron chi connectivity index (χ1n) is 5.31. The van der Waals surface area contributed by atoms with Crippen LogP contribution in [0, 0.1) is 5.41 Å². The van der Waals surface area contributed by atoms with Crippen molar-refractivity contribution in [2.45, 2.75) is 33.2 Å². The minimum atomic E-state index is -0.995. The molecule has 0 bridgehead atoms. The first-order chi connectivity index (χ1) is 7.14. The summed E-state index contributed by atoms with van der Waals surface area (Å²) in [6.07, 6.45) is 0.312. The highest BCUT2D eigenvalue weighted by molar-refractivity contribution is 5.84. The predicted octanol–water partition coefficient (Wildman–Crippen LogP) is 0.554. The lowest BCUT2D eigenvalue weighted by Crippen LogP contribution is -2.49. The molecule has 0 aromatic heterocycles. The Hall–Kier alpha value is -1.10. The molecular weight excluding hydrogens is 208 g/mol. The van der Waals surface area contributed by atoms with Crippen LogP contribution in [0.15, 0.2) is 0 Å². The summed E-state index contributed by atoms with van der Waals surface area (Å²) in [5, 5.41) is 11.6. The van der Waals surface area contributed by atoms with Crippen LogP contribution in [0.4, 0.5) is 0 Å². The van der Waals surface area contributed by atoms with Crippen molar-refractivity contribution >= 4 is 11.9 Å². The SMILES string of the molecule is CN(C)CCC(=O)N[C@H](C(=O)O)C(C)(C)C. The van der Waals surface area contributed by atoms with Gasteiger partial charge in [0, 0.05) is 13.0 Å². The van der Waals surface area contributed by atoms with Crippen LogP contribution >= 0.6 is 0 Å². The Bertz CT molecular complexity index is 256. The minimum absolute atomic E-state index is 0.226. The van der Waals surface area contributed by atoms with Crippen LogP contribution in [0.5, 0.6) is 0 Å². The van der Waals surface area contributed by atoms with Crippen molar-refractivity contribution in [3.05, 3.63) is 0 Å². The van der Waals surface area contributed by atoms with Gasteiger partial charge in [0.1, 0.15) is 6.04 Å². The molecule has 0 rings (SSSR count). The number of hydrogen-bond donors (Lipinski definition) is 2. The number of carboxylic acids is 1. The molecule has 0 unspecified atom stereocenters. The van der Waals surface area contributed by atoms with Crippen LogP contribution in [0.25, 0.3) is 0 Å². The largest absolute Gasteiger partial charge is 0.480 e. The van der Waals surface area contributed by atoms with E-state index < -0.39 is 17.4 Å². The van der Waals surface area contributed by atoms with Gasteiger partial charge in [0.15, 0.2) is 0 Å². The molecule has 5 nitrogen and oxygen atoms in total. The van der Waals surface area contributed by atoms with Crippen molar-refractivity contribution in [2.24, 2.45) is 5.41 Å². The van der Waals surface area contributed by atoms with E-state index in [1.165, 1.54) is 0 Å². The molecule has 0 aromatic rings. The molecule has 0 aromatic carbocycles. The molecule has 0 aliphatic heterocycles. The summed E-state index contributed by atoms with van der Waals surface area (Å²) in [6, 6.07) is -0.845. The lowest BCUT2D eigenvalue weighted by molar-refractivity contribution is -0.145. The van der Waals surface area contributed by atoms with Gasteiger partial charge in [-0.2, -0.15) is 0 Å². The number of carboxylic acid groups (broad SMARTS) is 1. The van der Waals surface area contributed by atoms with E-state index in [4.69, 9.17) is 5.11 Å². The molecule has 1 atom stereocenters. The van der Waals surface area contributed by atoms with E-state index in [2.05, 4.69) is 5.32 Å². The van der Waals surface area contributed by atoms with Crippen molar-refractivity contribution in [3.8, 4) is 0 Å². The average Bonchev–Trinajstić information content (AvgIpc) is 2.08. The minimum Gasteiger partial charge on any atom is -0.480 e. The molecular formula is C11H22N2O3.